The molecule has 3 N–H and O–H groups in total. The molecule has 0 aliphatic heterocycles. The Kier molecular flexibility index (Phi) is 3.53. The van der Waals surface area contributed by atoms with Gasteiger partial charge in [-0.2, -0.15) is 0 Å². The van der Waals surface area contributed by atoms with Crippen LogP contribution >= 0.6 is 0 Å². The highest BCUT2D eigenvalue weighted by molar-refractivity contribution is 5.85. The molecule has 0 saturated heterocycles. The molecule has 2 unspecified atom stereocenters. The van der Waals surface area contributed by atoms with Crippen LogP contribution in [0.3, 0.4) is 0 Å². The van der Waals surface area contributed by atoms with Gasteiger partial charge in [0.25, 0.3) is 0 Å². The maximum absolute atomic E-state index is 11.5. The van der Waals surface area contributed by atoms with Crippen molar-refractivity contribution < 1.29 is 4.79 Å². The van der Waals surface area contributed by atoms with E-state index in [1.807, 2.05) is 6.92 Å². The largest absolute Gasteiger partial charge is 0.368 e. The first-order chi connectivity index (χ1) is 6.56. The summed E-state index contributed by atoms with van der Waals surface area (Å²) < 4.78 is 0. The highest BCUT2D eigenvalue weighted by Crippen LogP contribution is 2.41. The van der Waals surface area contributed by atoms with Crippen molar-refractivity contribution in [3.05, 3.63) is 0 Å². The van der Waals surface area contributed by atoms with Crippen LogP contribution in [0.15, 0.2) is 0 Å². The molecule has 3 nitrogen and oxygen atoms in total. The van der Waals surface area contributed by atoms with Crippen LogP contribution in [0.4, 0.5) is 0 Å². The molecule has 0 aromatic heterocycles. The van der Waals surface area contributed by atoms with E-state index in [0.717, 1.165) is 25.7 Å². The first kappa shape index (κ1) is 11.5. The molecule has 0 aromatic carbocycles. The molecule has 1 aliphatic carbocycles. The van der Waals surface area contributed by atoms with Gasteiger partial charge in [0, 0.05) is 6.04 Å². The van der Waals surface area contributed by atoms with Crippen LogP contribution in [-0.2, 0) is 4.79 Å². The van der Waals surface area contributed by atoms with Crippen molar-refractivity contribution in [2.75, 3.05) is 0 Å². The third-order valence-corrected chi connectivity index (χ3v) is 3.39. The molecule has 0 spiro atoms. The summed E-state index contributed by atoms with van der Waals surface area (Å²) >= 11 is 0. The van der Waals surface area contributed by atoms with Gasteiger partial charge in [-0.1, -0.05) is 13.8 Å². The van der Waals surface area contributed by atoms with Gasteiger partial charge in [-0.3, -0.25) is 4.79 Å². The van der Waals surface area contributed by atoms with Crippen LogP contribution < -0.4 is 11.1 Å². The minimum Gasteiger partial charge on any atom is -0.368 e. The van der Waals surface area contributed by atoms with Gasteiger partial charge in [0.05, 0.1) is 0 Å². The van der Waals surface area contributed by atoms with Crippen LogP contribution in [0.25, 0.3) is 0 Å². The van der Waals surface area contributed by atoms with Crippen molar-refractivity contribution in [3.63, 3.8) is 0 Å². The fourth-order valence-corrected chi connectivity index (χ4v) is 2.07. The number of carbonyl (C=O) groups is 1. The summed E-state index contributed by atoms with van der Waals surface area (Å²) in [5.41, 5.74) is 5.09. The predicted octanol–water partition coefficient (Wildman–Crippen LogP) is 1.42. The Morgan fingerprint density at radius 3 is 2.43 bits per heavy atom. The van der Waals surface area contributed by atoms with Crippen molar-refractivity contribution in [3.8, 4) is 0 Å². The summed E-state index contributed by atoms with van der Waals surface area (Å²) in [6.07, 6.45) is 4.11. The smallest absolute Gasteiger partial charge is 0.238 e. The van der Waals surface area contributed by atoms with Gasteiger partial charge in [0.1, 0.15) is 5.54 Å². The zero-order valence-corrected chi connectivity index (χ0v) is 9.47. The van der Waals surface area contributed by atoms with E-state index in [2.05, 4.69) is 19.2 Å². The Bertz CT molecular complexity index is 213. The monoisotopic (exact) mass is 198 g/mol. The van der Waals surface area contributed by atoms with Gasteiger partial charge in [0.15, 0.2) is 0 Å². The fraction of sp³-hybridized carbons (Fsp3) is 0.909. The van der Waals surface area contributed by atoms with Gasteiger partial charge in [-0.15, -0.1) is 0 Å². The second kappa shape index (κ2) is 4.30. The van der Waals surface area contributed by atoms with Crippen LogP contribution in [-0.4, -0.2) is 17.5 Å². The summed E-state index contributed by atoms with van der Waals surface area (Å²) in [7, 11) is 0. The van der Waals surface area contributed by atoms with Crippen molar-refractivity contribution in [1.29, 1.82) is 0 Å². The molecular weight excluding hydrogens is 176 g/mol. The number of nitrogens with one attached hydrogen (secondary N) is 1. The van der Waals surface area contributed by atoms with E-state index in [9.17, 15) is 4.79 Å². The molecule has 14 heavy (non-hydrogen) atoms. The molecule has 82 valence electrons. The van der Waals surface area contributed by atoms with Crippen molar-refractivity contribution in [2.24, 2.45) is 11.7 Å². The number of primary amides is 1. The molecule has 0 heterocycles. The van der Waals surface area contributed by atoms with Gasteiger partial charge in [-0.25, -0.2) is 0 Å². The fourth-order valence-electron chi connectivity index (χ4n) is 2.07. The highest BCUT2D eigenvalue weighted by atomic mass is 16.1. The molecule has 2 atom stereocenters. The van der Waals surface area contributed by atoms with Crippen LogP contribution in [0.1, 0.15) is 46.5 Å². The zero-order valence-electron chi connectivity index (χ0n) is 9.47. The number of hydrogen-bond donors (Lipinski definition) is 2. The maximum Gasteiger partial charge on any atom is 0.238 e. The first-order valence-electron chi connectivity index (χ1n) is 5.64. The lowest BCUT2D eigenvalue weighted by Crippen LogP contribution is -2.59. The molecular formula is C11H22N2O. The Morgan fingerprint density at radius 2 is 2.14 bits per heavy atom. The van der Waals surface area contributed by atoms with E-state index in [1.54, 1.807) is 0 Å². The number of hydrogen-bond acceptors (Lipinski definition) is 2. The Hall–Kier alpha value is -0.570. The average Bonchev–Trinajstić information content (AvgIpc) is 2.96. The summed E-state index contributed by atoms with van der Waals surface area (Å²) in [5.74, 6) is 0.293. The van der Waals surface area contributed by atoms with E-state index < -0.39 is 5.54 Å². The molecule has 0 bridgehead atoms. The van der Waals surface area contributed by atoms with Crippen molar-refractivity contribution >= 4 is 5.91 Å². The second-order valence-corrected chi connectivity index (χ2v) is 4.42. The van der Waals surface area contributed by atoms with Crippen LogP contribution in [0.5, 0.6) is 0 Å². The second-order valence-electron chi connectivity index (χ2n) is 4.42. The Morgan fingerprint density at radius 1 is 1.57 bits per heavy atom. The Labute approximate surface area is 86.4 Å². The third kappa shape index (κ3) is 2.08. The summed E-state index contributed by atoms with van der Waals surface area (Å²) in [5, 5.41) is 3.42. The van der Waals surface area contributed by atoms with Crippen molar-refractivity contribution in [2.45, 2.75) is 58.0 Å². The van der Waals surface area contributed by atoms with Crippen LogP contribution in [0.2, 0.25) is 0 Å². The minimum atomic E-state index is -0.435. The highest BCUT2D eigenvalue weighted by Gasteiger charge is 2.48. The Balaban J connectivity index is 2.73. The van der Waals surface area contributed by atoms with Crippen LogP contribution in [0, 0.1) is 5.92 Å². The van der Waals surface area contributed by atoms with Gasteiger partial charge < -0.3 is 11.1 Å². The topological polar surface area (TPSA) is 55.1 Å². The molecule has 1 fully saturated rings. The van der Waals surface area contributed by atoms with E-state index in [-0.39, 0.29) is 5.91 Å². The van der Waals surface area contributed by atoms with E-state index in [4.69, 9.17) is 5.73 Å². The summed E-state index contributed by atoms with van der Waals surface area (Å²) in [6.45, 7) is 6.26. The van der Waals surface area contributed by atoms with Gasteiger partial charge in [-0.05, 0) is 38.5 Å². The number of rotatable bonds is 6. The summed E-state index contributed by atoms with van der Waals surface area (Å²) in [4.78, 5) is 11.5. The number of amides is 1. The maximum atomic E-state index is 11.5. The molecule has 1 aliphatic rings. The normalized spacial score (nSPS) is 22.8. The SMILES string of the molecule is CCC(C)NC(CC)(C(N)=O)C1CC1. The van der Waals surface area contributed by atoms with E-state index >= 15 is 0 Å². The predicted molar refractivity (Wildman–Crippen MR) is 57.8 cm³/mol. The van der Waals surface area contributed by atoms with Gasteiger partial charge >= 0.3 is 0 Å². The number of nitrogens with two attached hydrogens (primary N) is 1. The van der Waals surface area contributed by atoms with Crippen molar-refractivity contribution in [1.82, 2.24) is 5.32 Å². The average molecular weight is 198 g/mol. The number of carbonyl (C=O) groups excluding carboxylic acids is 1. The molecule has 1 saturated carbocycles. The zero-order chi connectivity index (χ0) is 10.8. The minimum absolute atomic E-state index is 0.178. The first-order valence-corrected chi connectivity index (χ1v) is 5.64. The lowest BCUT2D eigenvalue weighted by atomic mass is 9.88. The van der Waals surface area contributed by atoms with E-state index in [0.29, 0.717) is 12.0 Å². The molecule has 3 heteroatoms. The van der Waals surface area contributed by atoms with E-state index in [1.165, 1.54) is 0 Å². The molecule has 1 rings (SSSR count). The lowest BCUT2D eigenvalue weighted by molar-refractivity contribution is -0.125. The van der Waals surface area contributed by atoms with Gasteiger partial charge in [0.2, 0.25) is 5.91 Å². The molecule has 0 aromatic rings. The third-order valence-electron chi connectivity index (χ3n) is 3.39. The summed E-state index contributed by atoms with van der Waals surface area (Å²) in [6, 6.07) is 0.364. The standard InChI is InChI=1S/C11H22N2O/c1-4-8(3)13-11(5-2,10(12)14)9-6-7-9/h8-9,13H,4-7H2,1-3H3,(H2,12,14). The quantitative estimate of drug-likeness (QED) is 0.678. The lowest BCUT2D eigenvalue weighted by Gasteiger charge is -2.33. The molecule has 1 amide bonds. The molecule has 0 radical (unpaired) electrons.